The van der Waals surface area contributed by atoms with Gasteiger partial charge in [0, 0.05) is 25.7 Å². The van der Waals surface area contributed by atoms with Gasteiger partial charge in [-0.25, -0.2) is 0 Å². The monoisotopic (exact) mass is 373 g/mol. The van der Waals surface area contributed by atoms with Crippen molar-refractivity contribution in [1.29, 1.82) is 0 Å². The Morgan fingerprint density at radius 3 is 2.70 bits per heavy atom. The Morgan fingerprint density at radius 1 is 1.26 bits per heavy atom. The Balaban J connectivity index is 1.69. The van der Waals surface area contributed by atoms with Gasteiger partial charge in [0.05, 0.1) is 19.6 Å². The third-order valence-electron chi connectivity index (χ3n) is 5.98. The summed E-state index contributed by atoms with van der Waals surface area (Å²) in [5, 5.41) is 6.02. The van der Waals surface area contributed by atoms with Crippen molar-refractivity contribution in [3.05, 3.63) is 28.8 Å². The first-order chi connectivity index (χ1) is 13.0. The minimum atomic E-state index is -0.415. The van der Waals surface area contributed by atoms with Crippen LogP contribution in [0.15, 0.2) is 12.1 Å². The van der Waals surface area contributed by atoms with E-state index in [0.717, 1.165) is 30.7 Å². The number of piperazine rings is 1. The fraction of sp³-hybridized carbons (Fsp3) is 0.619. The zero-order valence-corrected chi connectivity index (χ0v) is 16.6. The van der Waals surface area contributed by atoms with Crippen molar-refractivity contribution < 1.29 is 14.3 Å². The predicted molar refractivity (Wildman–Crippen MR) is 105 cm³/mol. The summed E-state index contributed by atoms with van der Waals surface area (Å²) in [5.74, 6) is 0.808. The molecule has 3 rings (SSSR count). The van der Waals surface area contributed by atoms with E-state index < -0.39 is 6.04 Å². The van der Waals surface area contributed by atoms with Gasteiger partial charge in [-0.15, -0.1) is 0 Å². The molecule has 148 valence electrons. The average Bonchev–Trinajstić information content (AvgIpc) is 3.15. The molecule has 6 nitrogen and oxygen atoms in total. The van der Waals surface area contributed by atoms with Gasteiger partial charge in [-0.2, -0.15) is 0 Å². The van der Waals surface area contributed by atoms with E-state index in [-0.39, 0.29) is 24.3 Å². The molecule has 0 spiro atoms. The number of ether oxygens (including phenoxy) is 1. The van der Waals surface area contributed by atoms with Gasteiger partial charge in [0.1, 0.15) is 5.75 Å². The van der Waals surface area contributed by atoms with Crippen LogP contribution in [-0.2, 0) is 16.1 Å². The van der Waals surface area contributed by atoms with Crippen LogP contribution in [0.4, 0.5) is 0 Å². The third-order valence-corrected chi connectivity index (χ3v) is 5.98. The normalized spacial score (nSPS) is 21.1. The lowest BCUT2D eigenvalue weighted by atomic mass is 10.00. The van der Waals surface area contributed by atoms with Crippen LogP contribution in [0.2, 0.25) is 0 Å². The molecule has 1 aliphatic heterocycles. The van der Waals surface area contributed by atoms with E-state index in [1.807, 2.05) is 13.0 Å². The Labute approximate surface area is 161 Å². The molecule has 2 amide bonds. The number of hydrogen-bond acceptors (Lipinski definition) is 4. The molecule has 0 radical (unpaired) electrons. The lowest BCUT2D eigenvalue weighted by molar-refractivity contribution is -0.134. The molecule has 0 aromatic heterocycles. The minimum Gasteiger partial charge on any atom is -0.496 e. The van der Waals surface area contributed by atoms with Gasteiger partial charge < -0.3 is 15.4 Å². The van der Waals surface area contributed by atoms with Crippen molar-refractivity contribution in [3.63, 3.8) is 0 Å². The van der Waals surface area contributed by atoms with Crippen molar-refractivity contribution in [2.45, 2.75) is 64.6 Å². The van der Waals surface area contributed by atoms with Gasteiger partial charge in [-0.3, -0.25) is 14.5 Å². The molecule has 0 bridgehead atoms. The van der Waals surface area contributed by atoms with E-state index in [1.165, 1.54) is 24.0 Å². The largest absolute Gasteiger partial charge is 0.496 e. The number of rotatable bonds is 6. The average molecular weight is 373 g/mol. The van der Waals surface area contributed by atoms with Crippen molar-refractivity contribution in [2.75, 3.05) is 20.2 Å². The maximum atomic E-state index is 12.5. The fourth-order valence-electron chi connectivity index (χ4n) is 4.17. The fourth-order valence-corrected chi connectivity index (χ4v) is 4.17. The van der Waals surface area contributed by atoms with Gasteiger partial charge in [-0.05, 0) is 49.4 Å². The van der Waals surface area contributed by atoms with Gasteiger partial charge >= 0.3 is 0 Å². The van der Waals surface area contributed by atoms with Crippen LogP contribution < -0.4 is 15.4 Å². The topological polar surface area (TPSA) is 70.7 Å². The molecule has 2 N–H and O–H groups in total. The molecule has 1 saturated carbocycles. The number of nitrogens with zero attached hydrogens (tertiary/aromatic N) is 1. The number of benzene rings is 1. The van der Waals surface area contributed by atoms with E-state index in [9.17, 15) is 9.59 Å². The second kappa shape index (κ2) is 8.74. The summed E-state index contributed by atoms with van der Waals surface area (Å²) in [6.07, 6.45) is 4.68. The van der Waals surface area contributed by atoms with Crippen LogP contribution >= 0.6 is 0 Å². The highest BCUT2D eigenvalue weighted by molar-refractivity contribution is 5.88. The number of nitrogens with one attached hydrogen (secondary N) is 2. The zero-order chi connectivity index (χ0) is 19.4. The Bertz CT molecular complexity index is 698. The minimum absolute atomic E-state index is 0.0171. The molecule has 1 atom stereocenters. The predicted octanol–water partition coefficient (Wildman–Crippen LogP) is 2.06. The van der Waals surface area contributed by atoms with Crippen LogP contribution in [0.1, 0.15) is 48.8 Å². The molecule has 1 aromatic carbocycles. The summed E-state index contributed by atoms with van der Waals surface area (Å²) in [6.45, 7) is 6.16. The molecule has 27 heavy (non-hydrogen) atoms. The third kappa shape index (κ3) is 4.61. The molecular weight excluding hydrogens is 342 g/mol. The molecule has 1 aromatic rings. The highest BCUT2D eigenvalue weighted by Gasteiger charge is 2.32. The van der Waals surface area contributed by atoms with Crippen LogP contribution in [-0.4, -0.2) is 49.0 Å². The number of amides is 2. The van der Waals surface area contributed by atoms with E-state index in [1.54, 1.807) is 7.11 Å². The van der Waals surface area contributed by atoms with Gasteiger partial charge in [0.15, 0.2) is 0 Å². The summed E-state index contributed by atoms with van der Waals surface area (Å²) in [7, 11) is 1.68. The summed E-state index contributed by atoms with van der Waals surface area (Å²) >= 11 is 0. The lowest BCUT2D eigenvalue weighted by Crippen LogP contribution is -2.56. The van der Waals surface area contributed by atoms with E-state index in [2.05, 4.69) is 28.5 Å². The maximum absolute atomic E-state index is 12.5. The van der Waals surface area contributed by atoms with Gasteiger partial charge in [-0.1, -0.05) is 18.9 Å². The summed E-state index contributed by atoms with van der Waals surface area (Å²) in [6, 6.07) is 3.90. The Morgan fingerprint density at radius 2 is 2.00 bits per heavy atom. The van der Waals surface area contributed by atoms with Gasteiger partial charge in [0.2, 0.25) is 11.8 Å². The first-order valence-electron chi connectivity index (χ1n) is 9.93. The van der Waals surface area contributed by atoms with Gasteiger partial charge in [0.25, 0.3) is 0 Å². The number of hydrogen-bond donors (Lipinski definition) is 2. The molecule has 2 aliphatic rings. The van der Waals surface area contributed by atoms with Crippen LogP contribution in [0.5, 0.6) is 5.75 Å². The molecule has 1 saturated heterocycles. The van der Waals surface area contributed by atoms with Crippen LogP contribution in [0, 0.1) is 13.8 Å². The molecule has 1 aliphatic carbocycles. The summed E-state index contributed by atoms with van der Waals surface area (Å²) in [5.41, 5.74) is 3.46. The van der Waals surface area contributed by atoms with Crippen molar-refractivity contribution in [1.82, 2.24) is 15.5 Å². The van der Waals surface area contributed by atoms with Crippen LogP contribution in [0.25, 0.3) is 0 Å². The highest BCUT2D eigenvalue weighted by atomic mass is 16.5. The van der Waals surface area contributed by atoms with Crippen LogP contribution in [0.3, 0.4) is 0 Å². The highest BCUT2D eigenvalue weighted by Crippen LogP contribution is 2.26. The van der Waals surface area contributed by atoms with E-state index in [4.69, 9.17) is 4.74 Å². The maximum Gasteiger partial charge on any atom is 0.237 e. The standard InChI is InChI=1S/C21H31N3O3/c1-14-15(2)19(27-3)9-8-16(14)13-24-11-10-22-21(26)18(24)12-20(25)23-17-6-4-5-7-17/h8-9,17-18H,4-7,10-13H2,1-3H3,(H,22,26)(H,23,25)/t18-/m0/s1. The smallest absolute Gasteiger partial charge is 0.237 e. The quantitative estimate of drug-likeness (QED) is 0.801. The van der Waals surface area contributed by atoms with Crippen molar-refractivity contribution >= 4 is 11.8 Å². The number of carbonyl (C=O) groups is 2. The molecule has 2 fully saturated rings. The summed E-state index contributed by atoms with van der Waals surface area (Å²) < 4.78 is 5.39. The molecule has 1 heterocycles. The van der Waals surface area contributed by atoms with Crippen molar-refractivity contribution in [3.8, 4) is 5.75 Å². The van der Waals surface area contributed by atoms with Crippen molar-refractivity contribution in [2.24, 2.45) is 0 Å². The Kier molecular flexibility index (Phi) is 6.37. The lowest BCUT2D eigenvalue weighted by Gasteiger charge is -2.35. The molecule has 0 unspecified atom stereocenters. The summed E-state index contributed by atoms with van der Waals surface area (Å²) in [4.78, 5) is 27.1. The first-order valence-corrected chi connectivity index (χ1v) is 9.93. The van der Waals surface area contributed by atoms with E-state index in [0.29, 0.717) is 13.1 Å². The Hall–Kier alpha value is -2.08. The molecular formula is C21H31N3O3. The zero-order valence-electron chi connectivity index (χ0n) is 16.6. The first kappa shape index (κ1) is 19.7. The number of carbonyl (C=O) groups excluding carboxylic acids is 2. The van der Waals surface area contributed by atoms with E-state index >= 15 is 0 Å². The number of methoxy groups -OCH3 is 1. The second-order valence-corrected chi connectivity index (χ2v) is 7.71. The molecule has 6 heteroatoms. The SMILES string of the molecule is COc1ccc(CN2CCNC(=O)[C@@H]2CC(=O)NC2CCCC2)c(C)c1C. The second-order valence-electron chi connectivity index (χ2n) is 7.71.